The molecule has 27 heavy (non-hydrogen) atoms. The maximum Gasteiger partial charge on any atom is 0.338 e. The molecule has 1 aromatic heterocycles. The number of benzene rings is 2. The van der Waals surface area contributed by atoms with Gasteiger partial charge in [-0.3, -0.25) is 4.79 Å². The number of H-pyrrole nitrogens is 1. The number of carbonyl (C=O) groups excluding carboxylic acids is 1. The van der Waals surface area contributed by atoms with Crippen LogP contribution in [-0.2, 0) is 17.6 Å². The predicted octanol–water partition coefficient (Wildman–Crippen LogP) is 4.15. The van der Waals surface area contributed by atoms with Gasteiger partial charge in [0, 0.05) is 27.6 Å². The maximum atomic E-state index is 12.3. The zero-order chi connectivity index (χ0) is 19.6. The van der Waals surface area contributed by atoms with Gasteiger partial charge in [-0.05, 0) is 43.5 Å². The third kappa shape index (κ3) is 4.39. The third-order valence-electron chi connectivity index (χ3n) is 4.54. The van der Waals surface area contributed by atoms with Gasteiger partial charge >= 0.3 is 5.97 Å². The van der Waals surface area contributed by atoms with Gasteiger partial charge in [0.1, 0.15) is 0 Å². The Bertz CT molecular complexity index is 1020. The van der Waals surface area contributed by atoms with E-state index < -0.39 is 5.97 Å². The molecule has 0 fully saturated rings. The lowest BCUT2D eigenvalue weighted by Crippen LogP contribution is -2.27. The van der Waals surface area contributed by atoms with Gasteiger partial charge in [0.25, 0.3) is 0 Å². The predicted molar refractivity (Wildman–Crippen MR) is 109 cm³/mol. The topological polar surface area (TPSA) is 82.2 Å². The maximum absolute atomic E-state index is 12.3. The number of nitrogens with one attached hydrogen (secondary N) is 2. The van der Waals surface area contributed by atoms with Crippen LogP contribution in [0, 0.1) is 13.8 Å². The summed E-state index contributed by atoms with van der Waals surface area (Å²) in [5, 5.41) is 13.0. The summed E-state index contributed by atoms with van der Waals surface area (Å²) in [7, 11) is 0. The summed E-state index contributed by atoms with van der Waals surface area (Å²) in [4.78, 5) is 26.9. The number of rotatable bonds is 6. The van der Waals surface area contributed by atoms with E-state index >= 15 is 0 Å². The van der Waals surface area contributed by atoms with Gasteiger partial charge in [-0.25, -0.2) is 4.79 Å². The number of fused-ring (bicyclic) bond motifs is 1. The first-order chi connectivity index (χ1) is 12.8. The van der Waals surface area contributed by atoms with Gasteiger partial charge in [0.15, 0.2) is 0 Å². The van der Waals surface area contributed by atoms with Crippen LogP contribution in [-0.4, -0.2) is 28.5 Å². The summed E-state index contributed by atoms with van der Waals surface area (Å²) < 4.78 is 0.780. The molecule has 0 atom stereocenters. The number of aryl methyl sites for hydroxylation is 2. The fourth-order valence-electron chi connectivity index (χ4n) is 3.26. The molecule has 1 heterocycles. The summed E-state index contributed by atoms with van der Waals surface area (Å²) in [6.07, 6.45) is 0.960. The summed E-state index contributed by atoms with van der Waals surface area (Å²) in [5.74, 6) is -1.07. The van der Waals surface area contributed by atoms with E-state index in [0.717, 1.165) is 22.0 Å². The number of aromatic amines is 1. The van der Waals surface area contributed by atoms with Crippen LogP contribution in [0.3, 0.4) is 0 Å². The highest BCUT2D eigenvalue weighted by Gasteiger charge is 2.17. The van der Waals surface area contributed by atoms with E-state index in [1.165, 1.54) is 11.1 Å². The zero-order valence-electron chi connectivity index (χ0n) is 15.2. The van der Waals surface area contributed by atoms with Crippen molar-refractivity contribution in [2.24, 2.45) is 0 Å². The fourth-order valence-corrected chi connectivity index (χ4v) is 3.74. The Morgan fingerprint density at radius 2 is 1.96 bits per heavy atom. The number of carboxylic acid groups (broad SMARTS) is 1. The van der Waals surface area contributed by atoms with Crippen LogP contribution >= 0.6 is 15.9 Å². The average Bonchev–Trinajstić information content (AvgIpc) is 2.90. The van der Waals surface area contributed by atoms with Crippen molar-refractivity contribution in [2.75, 3.05) is 6.54 Å². The van der Waals surface area contributed by atoms with Gasteiger partial charge in [-0.2, -0.15) is 0 Å². The van der Waals surface area contributed by atoms with Crippen LogP contribution in [0.15, 0.2) is 40.9 Å². The first kappa shape index (κ1) is 19.2. The Morgan fingerprint density at radius 3 is 2.67 bits per heavy atom. The lowest BCUT2D eigenvalue weighted by Gasteiger charge is -2.08. The van der Waals surface area contributed by atoms with E-state index in [1.807, 2.05) is 31.2 Å². The Labute approximate surface area is 165 Å². The molecule has 5 nitrogen and oxygen atoms in total. The van der Waals surface area contributed by atoms with Crippen LogP contribution in [0.1, 0.15) is 32.7 Å². The van der Waals surface area contributed by atoms with Crippen molar-refractivity contribution in [2.45, 2.75) is 26.7 Å². The van der Waals surface area contributed by atoms with E-state index in [-0.39, 0.29) is 17.9 Å². The normalized spacial score (nSPS) is 10.9. The number of amides is 1. The highest BCUT2D eigenvalue weighted by Crippen LogP contribution is 2.29. The minimum absolute atomic E-state index is 0.0909. The van der Waals surface area contributed by atoms with Crippen molar-refractivity contribution in [3.05, 3.63) is 68.8 Å². The number of hydrogen-bond acceptors (Lipinski definition) is 2. The standard InChI is InChI=1S/C21H21BrN2O3/c1-12-4-3-5-14(8-12)6-7-23-19(25)10-15-9-16-18(11-17(15)22)24-13(2)20(16)21(26)27/h3-5,8-9,11,24H,6-7,10H2,1-2H3,(H,23,25)(H,26,27). The van der Waals surface area contributed by atoms with Crippen molar-refractivity contribution < 1.29 is 14.7 Å². The van der Waals surface area contributed by atoms with Gasteiger partial charge in [0.05, 0.1) is 12.0 Å². The van der Waals surface area contributed by atoms with Crippen molar-refractivity contribution in [3.8, 4) is 0 Å². The SMILES string of the molecule is Cc1cccc(CCNC(=O)Cc2cc3c(C(=O)O)c(C)[nH]c3cc2Br)c1. The molecule has 0 bridgehead atoms. The van der Waals surface area contributed by atoms with Crippen molar-refractivity contribution in [3.63, 3.8) is 0 Å². The first-order valence-corrected chi connectivity index (χ1v) is 9.50. The number of carboxylic acids is 1. The third-order valence-corrected chi connectivity index (χ3v) is 5.27. The van der Waals surface area contributed by atoms with Crippen LogP contribution in [0.5, 0.6) is 0 Å². The van der Waals surface area contributed by atoms with E-state index in [1.54, 1.807) is 13.0 Å². The molecule has 0 radical (unpaired) electrons. The quantitative estimate of drug-likeness (QED) is 0.551. The van der Waals surface area contributed by atoms with Gasteiger partial charge < -0.3 is 15.4 Å². The minimum Gasteiger partial charge on any atom is -0.478 e. The minimum atomic E-state index is -0.977. The summed E-state index contributed by atoms with van der Waals surface area (Å²) in [5.41, 5.74) is 4.74. The molecule has 0 saturated heterocycles. The number of aromatic nitrogens is 1. The Balaban J connectivity index is 1.70. The molecule has 0 spiro atoms. The van der Waals surface area contributed by atoms with Crippen molar-refractivity contribution in [1.82, 2.24) is 10.3 Å². The van der Waals surface area contributed by atoms with E-state index in [0.29, 0.717) is 17.6 Å². The molecule has 3 N–H and O–H groups in total. The monoisotopic (exact) mass is 428 g/mol. The van der Waals surface area contributed by atoms with E-state index in [2.05, 4.69) is 32.3 Å². The second-order valence-corrected chi connectivity index (χ2v) is 7.54. The van der Waals surface area contributed by atoms with Crippen molar-refractivity contribution >= 4 is 38.7 Å². The van der Waals surface area contributed by atoms with Crippen LogP contribution in [0.2, 0.25) is 0 Å². The van der Waals surface area contributed by atoms with Gasteiger partial charge in [-0.1, -0.05) is 45.8 Å². The lowest BCUT2D eigenvalue weighted by molar-refractivity contribution is -0.120. The molecule has 3 aromatic rings. The van der Waals surface area contributed by atoms with Crippen LogP contribution in [0.4, 0.5) is 0 Å². The van der Waals surface area contributed by atoms with Gasteiger partial charge in [0.2, 0.25) is 5.91 Å². The highest BCUT2D eigenvalue weighted by molar-refractivity contribution is 9.10. The van der Waals surface area contributed by atoms with E-state index in [4.69, 9.17) is 0 Å². The zero-order valence-corrected chi connectivity index (χ0v) is 16.8. The smallest absolute Gasteiger partial charge is 0.338 e. The first-order valence-electron chi connectivity index (χ1n) is 8.71. The number of halogens is 1. The summed E-state index contributed by atoms with van der Waals surface area (Å²) in [6, 6.07) is 11.8. The molecule has 0 saturated carbocycles. The lowest BCUT2D eigenvalue weighted by atomic mass is 10.1. The van der Waals surface area contributed by atoms with Crippen LogP contribution < -0.4 is 5.32 Å². The number of aromatic carboxylic acids is 1. The second kappa shape index (κ2) is 7.96. The van der Waals surface area contributed by atoms with Gasteiger partial charge in [-0.15, -0.1) is 0 Å². The molecule has 3 rings (SSSR count). The fraction of sp³-hybridized carbons (Fsp3) is 0.238. The molecule has 0 aliphatic rings. The molecule has 0 aliphatic heterocycles. The molecule has 140 valence electrons. The number of carbonyl (C=O) groups is 2. The van der Waals surface area contributed by atoms with Crippen molar-refractivity contribution in [1.29, 1.82) is 0 Å². The highest BCUT2D eigenvalue weighted by atomic mass is 79.9. The Kier molecular flexibility index (Phi) is 5.65. The number of hydrogen-bond donors (Lipinski definition) is 3. The van der Waals surface area contributed by atoms with Crippen LogP contribution in [0.25, 0.3) is 10.9 Å². The molecular formula is C21H21BrN2O3. The molecule has 1 amide bonds. The largest absolute Gasteiger partial charge is 0.478 e. The second-order valence-electron chi connectivity index (χ2n) is 6.69. The Morgan fingerprint density at radius 1 is 1.19 bits per heavy atom. The molecule has 0 aliphatic carbocycles. The molecular weight excluding hydrogens is 408 g/mol. The Hall–Kier alpha value is -2.60. The molecule has 6 heteroatoms. The average molecular weight is 429 g/mol. The van der Waals surface area contributed by atoms with E-state index in [9.17, 15) is 14.7 Å². The molecule has 2 aromatic carbocycles. The summed E-state index contributed by atoms with van der Waals surface area (Å²) >= 11 is 3.48. The summed E-state index contributed by atoms with van der Waals surface area (Å²) in [6.45, 7) is 4.34. The molecule has 0 unspecified atom stereocenters.